The van der Waals surface area contributed by atoms with Crippen LogP contribution < -0.4 is 0 Å². The van der Waals surface area contributed by atoms with Crippen LogP contribution in [-0.4, -0.2) is 15.4 Å². The number of nitrogens with zero attached hydrogens (tertiary/aromatic N) is 2. The van der Waals surface area contributed by atoms with E-state index in [-0.39, 0.29) is 0 Å². The van der Waals surface area contributed by atoms with Gasteiger partial charge in [-0.3, -0.25) is 5.10 Å². The molecule has 0 spiro atoms. The number of aromatic nitrogens is 3. The van der Waals surface area contributed by atoms with Crippen LogP contribution in [0.2, 0.25) is 0 Å². The van der Waals surface area contributed by atoms with Gasteiger partial charge in [-0.2, -0.15) is 0 Å². The van der Waals surface area contributed by atoms with E-state index in [2.05, 4.69) is 15.4 Å². The van der Waals surface area contributed by atoms with E-state index in [1.807, 2.05) is 6.20 Å². The topological polar surface area (TPSA) is 41.6 Å². The maximum atomic E-state index is 4.00. The molecule has 0 amide bonds. The van der Waals surface area contributed by atoms with Crippen LogP contribution in [-0.2, 0) is 6.42 Å². The van der Waals surface area contributed by atoms with Crippen molar-refractivity contribution in [2.24, 2.45) is 5.92 Å². The minimum atomic E-state index is 0.865. The number of rotatable bonds is 2. The zero-order valence-corrected chi connectivity index (χ0v) is 7.29. The molecule has 0 aliphatic heterocycles. The van der Waals surface area contributed by atoms with Crippen molar-refractivity contribution in [1.29, 1.82) is 0 Å². The molecule has 0 unspecified atom stereocenters. The van der Waals surface area contributed by atoms with Gasteiger partial charge in [0, 0.05) is 6.20 Å². The van der Waals surface area contributed by atoms with Gasteiger partial charge in [-0.1, -0.05) is 37.3 Å². The Morgan fingerprint density at radius 1 is 1.33 bits per heavy atom. The van der Waals surface area contributed by atoms with Gasteiger partial charge in [0.25, 0.3) is 0 Å². The van der Waals surface area contributed by atoms with Gasteiger partial charge in [0.15, 0.2) is 0 Å². The van der Waals surface area contributed by atoms with Crippen molar-refractivity contribution in [3.05, 3.63) is 11.9 Å². The molecule has 3 heteroatoms. The average molecular weight is 165 g/mol. The lowest BCUT2D eigenvalue weighted by atomic mass is 9.86. The highest BCUT2D eigenvalue weighted by Gasteiger charge is 2.14. The summed E-state index contributed by atoms with van der Waals surface area (Å²) in [5.41, 5.74) is 1.13. The quantitative estimate of drug-likeness (QED) is 0.727. The molecule has 12 heavy (non-hydrogen) atoms. The Labute approximate surface area is 72.6 Å². The smallest absolute Gasteiger partial charge is 0.0827 e. The second-order valence-electron chi connectivity index (χ2n) is 3.67. The van der Waals surface area contributed by atoms with E-state index in [0.29, 0.717) is 0 Å². The van der Waals surface area contributed by atoms with Gasteiger partial charge in [-0.15, -0.1) is 5.10 Å². The van der Waals surface area contributed by atoms with E-state index >= 15 is 0 Å². The van der Waals surface area contributed by atoms with Gasteiger partial charge < -0.3 is 0 Å². The van der Waals surface area contributed by atoms with Gasteiger partial charge in [0.2, 0.25) is 0 Å². The summed E-state index contributed by atoms with van der Waals surface area (Å²) in [6, 6.07) is 0. The monoisotopic (exact) mass is 165 g/mol. The molecule has 1 aliphatic rings. The number of nitrogens with one attached hydrogen (secondary N) is 1. The fourth-order valence-electron chi connectivity index (χ4n) is 2.01. The molecule has 1 aliphatic carbocycles. The molecule has 1 saturated carbocycles. The Kier molecular flexibility index (Phi) is 2.39. The van der Waals surface area contributed by atoms with E-state index in [4.69, 9.17) is 0 Å². The van der Waals surface area contributed by atoms with E-state index in [0.717, 1.165) is 18.0 Å². The first kappa shape index (κ1) is 7.77. The molecule has 1 heterocycles. The third kappa shape index (κ3) is 1.84. The molecule has 1 N–H and O–H groups in total. The first-order valence-corrected chi connectivity index (χ1v) is 4.80. The standard InChI is InChI=1S/C9H15N3/c1-2-4-8(5-3-1)6-9-7-10-12-11-9/h7-8H,1-6H2,(H,10,11,12). The highest BCUT2D eigenvalue weighted by Crippen LogP contribution is 2.25. The lowest BCUT2D eigenvalue weighted by molar-refractivity contribution is 0.354. The lowest BCUT2D eigenvalue weighted by Crippen LogP contribution is -2.09. The fourth-order valence-corrected chi connectivity index (χ4v) is 2.01. The number of aromatic amines is 1. The summed E-state index contributed by atoms with van der Waals surface area (Å²) in [5.74, 6) is 0.865. The summed E-state index contributed by atoms with van der Waals surface area (Å²) in [7, 11) is 0. The van der Waals surface area contributed by atoms with Crippen molar-refractivity contribution in [1.82, 2.24) is 15.4 Å². The highest BCUT2D eigenvalue weighted by atomic mass is 15.3. The second-order valence-corrected chi connectivity index (χ2v) is 3.67. The van der Waals surface area contributed by atoms with E-state index in [1.54, 1.807) is 0 Å². The van der Waals surface area contributed by atoms with E-state index in [9.17, 15) is 0 Å². The molecular weight excluding hydrogens is 150 g/mol. The Morgan fingerprint density at radius 2 is 2.17 bits per heavy atom. The summed E-state index contributed by atoms with van der Waals surface area (Å²) >= 11 is 0. The van der Waals surface area contributed by atoms with Crippen LogP contribution in [0.15, 0.2) is 6.20 Å². The van der Waals surface area contributed by atoms with Crippen LogP contribution >= 0.6 is 0 Å². The number of hydrogen-bond acceptors (Lipinski definition) is 2. The summed E-state index contributed by atoms with van der Waals surface area (Å²) < 4.78 is 0. The molecule has 3 nitrogen and oxygen atoms in total. The molecular formula is C9H15N3. The summed E-state index contributed by atoms with van der Waals surface area (Å²) in [4.78, 5) is 0. The molecule has 0 bridgehead atoms. The second kappa shape index (κ2) is 3.70. The van der Waals surface area contributed by atoms with Crippen molar-refractivity contribution in [2.45, 2.75) is 38.5 Å². The van der Waals surface area contributed by atoms with Gasteiger partial charge in [0.05, 0.1) is 5.69 Å². The fraction of sp³-hybridized carbons (Fsp3) is 0.778. The molecule has 0 aromatic carbocycles. The maximum absolute atomic E-state index is 4.00. The summed E-state index contributed by atoms with van der Waals surface area (Å²) in [6.07, 6.45) is 10.0. The van der Waals surface area contributed by atoms with Crippen molar-refractivity contribution < 1.29 is 0 Å². The first-order chi connectivity index (χ1) is 5.95. The molecule has 1 aromatic heterocycles. The molecule has 0 saturated heterocycles. The number of hydrogen-bond donors (Lipinski definition) is 1. The van der Waals surface area contributed by atoms with Crippen molar-refractivity contribution in [3.8, 4) is 0 Å². The normalized spacial score (nSPS) is 19.7. The summed E-state index contributed by atoms with van der Waals surface area (Å²) in [5, 5.41) is 10.5. The Hall–Kier alpha value is -0.860. The van der Waals surface area contributed by atoms with Crippen molar-refractivity contribution in [2.75, 3.05) is 0 Å². The van der Waals surface area contributed by atoms with E-state index < -0.39 is 0 Å². The van der Waals surface area contributed by atoms with Crippen molar-refractivity contribution >= 4 is 0 Å². The first-order valence-electron chi connectivity index (χ1n) is 4.80. The molecule has 0 atom stereocenters. The van der Waals surface area contributed by atoms with Gasteiger partial charge >= 0.3 is 0 Å². The largest absolute Gasteiger partial charge is 0.265 e. The third-order valence-corrected chi connectivity index (χ3v) is 2.69. The van der Waals surface area contributed by atoms with Gasteiger partial charge in [-0.05, 0) is 12.3 Å². The molecule has 1 fully saturated rings. The van der Waals surface area contributed by atoms with Crippen LogP contribution in [0, 0.1) is 5.92 Å². The molecule has 2 rings (SSSR count). The molecule has 1 aromatic rings. The maximum Gasteiger partial charge on any atom is 0.0827 e. The predicted molar refractivity (Wildman–Crippen MR) is 46.7 cm³/mol. The van der Waals surface area contributed by atoms with E-state index in [1.165, 1.54) is 32.1 Å². The van der Waals surface area contributed by atoms with Crippen LogP contribution in [0.25, 0.3) is 0 Å². The van der Waals surface area contributed by atoms with Crippen LogP contribution in [0.1, 0.15) is 37.8 Å². The predicted octanol–water partition coefficient (Wildman–Crippen LogP) is 1.93. The SMILES string of the molecule is c1[nH]nnc1CC1CCCCC1. The minimum absolute atomic E-state index is 0.865. The Balaban J connectivity index is 1.86. The number of H-pyrrole nitrogens is 1. The Bertz CT molecular complexity index is 212. The zero-order valence-electron chi connectivity index (χ0n) is 7.29. The molecule has 66 valence electrons. The van der Waals surface area contributed by atoms with Crippen LogP contribution in [0.3, 0.4) is 0 Å². The van der Waals surface area contributed by atoms with Gasteiger partial charge in [0.1, 0.15) is 0 Å². The third-order valence-electron chi connectivity index (χ3n) is 2.69. The van der Waals surface area contributed by atoms with Gasteiger partial charge in [-0.25, -0.2) is 0 Å². The highest BCUT2D eigenvalue weighted by molar-refractivity contribution is 4.92. The molecule has 0 radical (unpaired) electrons. The average Bonchev–Trinajstić information content (AvgIpc) is 2.59. The van der Waals surface area contributed by atoms with Crippen LogP contribution in [0.5, 0.6) is 0 Å². The Morgan fingerprint density at radius 3 is 2.83 bits per heavy atom. The minimum Gasteiger partial charge on any atom is -0.265 e. The van der Waals surface area contributed by atoms with Crippen molar-refractivity contribution in [3.63, 3.8) is 0 Å². The zero-order chi connectivity index (χ0) is 8.23. The van der Waals surface area contributed by atoms with Crippen LogP contribution in [0.4, 0.5) is 0 Å². The lowest BCUT2D eigenvalue weighted by Gasteiger charge is -2.19. The summed E-state index contributed by atoms with van der Waals surface area (Å²) in [6.45, 7) is 0.